The Labute approximate surface area is 189 Å². The van der Waals surface area contributed by atoms with Gasteiger partial charge in [-0.15, -0.1) is 0 Å². The second-order valence-corrected chi connectivity index (χ2v) is 12.5. The first-order valence-electron chi connectivity index (χ1n) is 10.9. The molecule has 32 heavy (non-hydrogen) atoms. The van der Waals surface area contributed by atoms with E-state index in [4.69, 9.17) is 4.74 Å². The van der Waals surface area contributed by atoms with Crippen LogP contribution in [0.15, 0.2) is 17.2 Å². The van der Waals surface area contributed by atoms with Crippen LogP contribution < -0.4 is 0 Å². The summed E-state index contributed by atoms with van der Waals surface area (Å²) in [6, 6.07) is 0.851. The fraction of sp³-hybridized carbons (Fsp3) is 0.700. The third-order valence-corrected chi connectivity index (χ3v) is 9.55. The lowest BCUT2D eigenvalue weighted by atomic mass is 10.2. The number of amides is 1. The van der Waals surface area contributed by atoms with E-state index >= 15 is 0 Å². The van der Waals surface area contributed by atoms with Crippen LogP contribution in [-0.4, -0.2) is 86.3 Å². The van der Waals surface area contributed by atoms with Gasteiger partial charge in [0.15, 0.2) is 16.4 Å². The number of sulfonamides is 1. The summed E-state index contributed by atoms with van der Waals surface area (Å²) in [5, 5.41) is 0. The van der Waals surface area contributed by atoms with Crippen molar-refractivity contribution in [2.24, 2.45) is 7.05 Å². The summed E-state index contributed by atoms with van der Waals surface area (Å²) in [6.07, 6.45) is 4.90. The molecular formula is C20H31N3O7S2. The molecule has 0 saturated carbocycles. The Hall–Kier alpha value is -1.92. The number of esters is 1. The lowest BCUT2D eigenvalue weighted by Crippen LogP contribution is -2.44. The first-order valence-corrected chi connectivity index (χ1v) is 14.1. The third-order valence-electron chi connectivity index (χ3n) is 5.94. The maximum Gasteiger partial charge on any atom is 0.355 e. The highest BCUT2D eigenvalue weighted by molar-refractivity contribution is 7.91. The summed E-state index contributed by atoms with van der Waals surface area (Å²) in [5.74, 6) is -1.29. The van der Waals surface area contributed by atoms with Gasteiger partial charge in [0.2, 0.25) is 10.0 Å². The SMILES string of the molecule is CCCCN(C(=O)COC(=O)c1cc(S(=O)(=O)N2CCCC2)cn1C)[C@H]1CCS(=O)(=O)C1. The molecule has 2 fully saturated rings. The molecule has 3 rings (SSSR count). The zero-order valence-corrected chi connectivity index (χ0v) is 20.2. The van der Waals surface area contributed by atoms with E-state index in [2.05, 4.69) is 0 Å². The third kappa shape index (κ3) is 5.52. The standard InChI is InChI=1S/C20H31N3O7S2/c1-3-4-10-23(16-7-11-31(26,27)15-16)19(24)14-30-20(25)18-12-17(13-21(18)2)32(28,29)22-8-5-6-9-22/h12-13,16H,3-11,14-15H2,1-2H3/t16-/m0/s1. The molecule has 1 atom stereocenters. The van der Waals surface area contributed by atoms with Crippen LogP contribution in [0.4, 0.5) is 0 Å². The molecule has 180 valence electrons. The Morgan fingerprint density at radius 3 is 2.53 bits per heavy atom. The molecule has 1 aromatic heterocycles. The minimum Gasteiger partial charge on any atom is -0.451 e. The largest absolute Gasteiger partial charge is 0.451 e. The summed E-state index contributed by atoms with van der Waals surface area (Å²) in [7, 11) is -5.30. The van der Waals surface area contributed by atoms with Gasteiger partial charge in [-0.25, -0.2) is 21.6 Å². The Morgan fingerprint density at radius 1 is 1.25 bits per heavy atom. The van der Waals surface area contributed by atoms with E-state index in [1.165, 1.54) is 26.0 Å². The predicted octanol–water partition coefficient (Wildman–Crippen LogP) is 0.782. The molecule has 0 radical (unpaired) electrons. The Balaban J connectivity index is 1.66. The molecule has 1 amide bonds. The summed E-state index contributed by atoms with van der Waals surface area (Å²) < 4.78 is 57.1. The van der Waals surface area contributed by atoms with Gasteiger partial charge in [0.1, 0.15) is 10.6 Å². The molecule has 12 heteroatoms. The number of carbonyl (C=O) groups excluding carboxylic acids is 2. The average molecular weight is 490 g/mol. The van der Waals surface area contributed by atoms with Gasteiger partial charge in [0.05, 0.1) is 11.5 Å². The quantitative estimate of drug-likeness (QED) is 0.470. The predicted molar refractivity (Wildman–Crippen MR) is 117 cm³/mol. The molecule has 3 heterocycles. The highest BCUT2D eigenvalue weighted by Gasteiger charge is 2.35. The molecule has 0 unspecified atom stereocenters. The lowest BCUT2D eigenvalue weighted by molar-refractivity contribution is -0.136. The number of sulfone groups is 1. The number of hydrogen-bond donors (Lipinski definition) is 0. The number of unbranched alkanes of at least 4 members (excludes halogenated alkanes) is 1. The van der Waals surface area contributed by atoms with Crippen LogP contribution >= 0.6 is 0 Å². The van der Waals surface area contributed by atoms with Crippen molar-refractivity contribution in [3.05, 3.63) is 18.0 Å². The number of aryl methyl sites for hydroxylation is 1. The van der Waals surface area contributed by atoms with Crippen LogP contribution in [0.1, 0.15) is 49.5 Å². The molecule has 0 aromatic carbocycles. The smallest absolute Gasteiger partial charge is 0.355 e. The van der Waals surface area contributed by atoms with Crippen LogP contribution in [0.25, 0.3) is 0 Å². The van der Waals surface area contributed by atoms with Crippen molar-refractivity contribution < 1.29 is 31.2 Å². The fourth-order valence-corrected chi connectivity index (χ4v) is 7.42. The maximum absolute atomic E-state index is 12.8. The zero-order chi connectivity index (χ0) is 23.5. The van der Waals surface area contributed by atoms with E-state index in [1.807, 2.05) is 6.92 Å². The molecule has 0 aliphatic carbocycles. The molecule has 10 nitrogen and oxygen atoms in total. The van der Waals surface area contributed by atoms with E-state index in [0.717, 1.165) is 19.3 Å². The molecule has 2 aliphatic heterocycles. The van der Waals surface area contributed by atoms with Gasteiger partial charge in [0, 0.05) is 38.9 Å². The van der Waals surface area contributed by atoms with Crippen LogP contribution in [0.5, 0.6) is 0 Å². The summed E-state index contributed by atoms with van der Waals surface area (Å²) in [5.41, 5.74) is 0.0270. The summed E-state index contributed by atoms with van der Waals surface area (Å²) >= 11 is 0. The van der Waals surface area contributed by atoms with Gasteiger partial charge in [0.25, 0.3) is 5.91 Å². The number of hydrogen-bond acceptors (Lipinski definition) is 7. The molecule has 0 N–H and O–H groups in total. The first kappa shape index (κ1) is 24.7. The van der Waals surface area contributed by atoms with Crippen LogP contribution in [0, 0.1) is 0 Å². The maximum atomic E-state index is 12.8. The summed E-state index contributed by atoms with van der Waals surface area (Å²) in [6.45, 7) is 2.75. The Kier molecular flexibility index (Phi) is 7.66. The number of aromatic nitrogens is 1. The Morgan fingerprint density at radius 2 is 1.94 bits per heavy atom. The molecular weight excluding hydrogens is 458 g/mol. The van der Waals surface area contributed by atoms with Crippen molar-refractivity contribution in [2.45, 2.75) is 50.0 Å². The van der Waals surface area contributed by atoms with Gasteiger partial charge >= 0.3 is 5.97 Å². The van der Waals surface area contributed by atoms with Gasteiger partial charge in [-0.05, 0) is 31.7 Å². The van der Waals surface area contributed by atoms with Crippen LogP contribution in [0.2, 0.25) is 0 Å². The van der Waals surface area contributed by atoms with Crippen molar-refractivity contribution in [3.8, 4) is 0 Å². The number of carbonyl (C=O) groups is 2. The highest BCUT2D eigenvalue weighted by atomic mass is 32.2. The van der Waals surface area contributed by atoms with Crippen molar-refractivity contribution in [2.75, 3.05) is 37.7 Å². The number of ether oxygens (including phenoxy) is 1. The minimum atomic E-state index is -3.68. The van der Waals surface area contributed by atoms with Crippen LogP contribution in [0.3, 0.4) is 0 Å². The van der Waals surface area contributed by atoms with Crippen molar-refractivity contribution in [1.82, 2.24) is 13.8 Å². The molecule has 2 aliphatic rings. The van der Waals surface area contributed by atoms with E-state index in [1.54, 1.807) is 7.05 Å². The second-order valence-electron chi connectivity index (χ2n) is 8.36. The van der Waals surface area contributed by atoms with E-state index in [0.29, 0.717) is 32.5 Å². The van der Waals surface area contributed by atoms with Crippen LogP contribution in [-0.2, 0) is 36.4 Å². The van der Waals surface area contributed by atoms with Crippen molar-refractivity contribution in [1.29, 1.82) is 0 Å². The zero-order valence-electron chi connectivity index (χ0n) is 18.5. The molecule has 2 saturated heterocycles. The average Bonchev–Trinajstić information content (AvgIpc) is 3.47. The highest BCUT2D eigenvalue weighted by Crippen LogP contribution is 2.23. The van der Waals surface area contributed by atoms with E-state index in [-0.39, 0.29) is 22.1 Å². The molecule has 1 aromatic rings. The lowest BCUT2D eigenvalue weighted by Gasteiger charge is -2.28. The minimum absolute atomic E-state index is 0.0147. The molecule has 0 spiro atoms. The number of rotatable bonds is 9. The van der Waals surface area contributed by atoms with E-state index < -0.39 is 44.4 Å². The van der Waals surface area contributed by atoms with Gasteiger partial charge in [-0.2, -0.15) is 4.31 Å². The molecule has 0 bridgehead atoms. The van der Waals surface area contributed by atoms with Crippen molar-refractivity contribution >= 4 is 31.7 Å². The van der Waals surface area contributed by atoms with E-state index in [9.17, 15) is 26.4 Å². The van der Waals surface area contributed by atoms with Gasteiger partial charge < -0.3 is 14.2 Å². The van der Waals surface area contributed by atoms with Gasteiger partial charge in [-0.1, -0.05) is 13.3 Å². The number of nitrogens with zero attached hydrogens (tertiary/aromatic N) is 3. The van der Waals surface area contributed by atoms with Gasteiger partial charge in [-0.3, -0.25) is 4.79 Å². The Bertz CT molecular complexity index is 1060. The topological polar surface area (TPSA) is 123 Å². The fourth-order valence-electron chi connectivity index (χ4n) is 4.10. The first-order chi connectivity index (χ1) is 15.0. The normalized spacial score (nSPS) is 21.0. The summed E-state index contributed by atoms with van der Waals surface area (Å²) in [4.78, 5) is 26.8. The van der Waals surface area contributed by atoms with Crippen molar-refractivity contribution in [3.63, 3.8) is 0 Å². The monoisotopic (exact) mass is 489 g/mol. The second kappa shape index (κ2) is 9.92.